The molecule has 4 heteroatoms. The second-order valence-corrected chi connectivity index (χ2v) is 5.44. The van der Waals surface area contributed by atoms with Gasteiger partial charge in [0.15, 0.2) is 0 Å². The van der Waals surface area contributed by atoms with Gasteiger partial charge in [0.25, 0.3) is 9.04 Å². The third kappa shape index (κ3) is 3.22. The van der Waals surface area contributed by atoms with E-state index in [0.29, 0.717) is 0 Å². The van der Waals surface area contributed by atoms with Crippen LogP contribution in [0.4, 0.5) is 0 Å². The normalized spacial score (nSPS) is 10.9. The summed E-state index contributed by atoms with van der Waals surface area (Å²) in [6.45, 7) is 4.14. The smallest absolute Gasteiger partial charge is 0.266 e. The molecule has 1 aromatic carbocycles. The minimum atomic E-state index is -1.08. The first-order valence-corrected chi connectivity index (χ1v) is 7.34. The Kier molecular flexibility index (Phi) is 4.19. The molecule has 0 fully saturated rings. The van der Waals surface area contributed by atoms with E-state index in [-0.39, 0.29) is 0 Å². The third-order valence-electron chi connectivity index (χ3n) is 1.60. The number of benzene rings is 1. The zero-order valence-corrected chi connectivity index (χ0v) is 9.88. The summed E-state index contributed by atoms with van der Waals surface area (Å²) in [7, 11) is 0.569. The predicted octanol–water partition coefficient (Wildman–Crippen LogP) is 2.03. The molecule has 0 amide bonds. The molecule has 0 saturated heterocycles. The van der Waals surface area contributed by atoms with Gasteiger partial charge < -0.3 is 9.26 Å². The van der Waals surface area contributed by atoms with Gasteiger partial charge in [-0.1, -0.05) is 12.1 Å². The van der Waals surface area contributed by atoms with Crippen molar-refractivity contribution >= 4 is 15.3 Å². The molecule has 0 aliphatic carbocycles. The largest absolute Gasteiger partial charge is 0.496 e. The van der Waals surface area contributed by atoms with Crippen molar-refractivity contribution in [2.24, 2.45) is 5.16 Å². The van der Waals surface area contributed by atoms with Gasteiger partial charge in [0.1, 0.15) is 5.75 Å². The van der Waals surface area contributed by atoms with Crippen molar-refractivity contribution in [2.75, 3.05) is 7.11 Å². The molecule has 14 heavy (non-hydrogen) atoms. The van der Waals surface area contributed by atoms with E-state index in [2.05, 4.69) is 18.2 Å². The van der Waals surface area contributed by atoms with Crippen LogP contribution in [0.5, 0.6) is 5.75 Å². The molecule has 0 aliphatic rings. The molecule has 1 aromatic rings. The van der Waals surface area contributed by atoms with E-state index < -0.39 is 9.04 Å². The van der Waals surface area contributed by atoms with Gasteiger partial charge in [-0.15, -0.1) is 5.16 Å². The summed E-state index contributed by atoms with van der Waals surface area (Å²) in [6, 6.07) is 7.70. The standard InChI is InChI=1S/C10H15NO2Si/c1-12-10-7-5-4-6-9(10)8-11-13-14(2)3/h4-8,14H,1-3H3. The molecule has 3 nitrogen and oxygen atoms in total. The van der Waals surface area contributed by atoms with Crippen molar-refractivity contribution in [1.82, 2.24) is 0 Å². The van der Waals surface area contributed by atoms with Crippen molar-refractivity contribution in [1.29, 1.82) is 0 Å². The monoisotopic (exact) mass is 209 g/mol. The van der Waals surface area contributed by atoms with Gasteiger partial charge in [-0.3, -0.25) is 0 Å². The molecule has 0 radical (unpaired) electrons. The molecule has 0 spiro atoms. The first-order valence-electron chi connectivity index (χ1n) is 4.56. The summed E-state index contributed by atoms with van der Waals surface area (Å²) in [5, 5.41) is 3.91. The highest BCUT2D eigenvalue weighted by Crippen LogP contribution is 2.14. The van der Waals surface area contributed by atoms with Gasteiger partial charge in [-0.2, -0.15) is 0 Å². The topological polar surface area (TPSA) is 30.8 Å². The van der Waals surface area contributed by atoms with Crippen molar-refractivity contribution in [3.8, 4) is 5.75 Å². The van der Waals surface area contributed by atoms with E-state index in [4.69, 9.17) is 9.26 Å². The first kappa shape index (κ1) is 10.8. The summed E-state index contributed by atoms with van der Waals surface area (Å²) in [4.78, 5) is 0. The molecule has 0 aromatic heterocycles. The Morgan fingerprint density at radius 3 is 2.64 bits per heavy atom. The van der Waals surface area contributed by atoms with Crippen LogP contribution in [0.3, 0.4) is 0 Å². The van der Waals surface area contributed by atoms with E-state index >= 15 is 0 Å². The van der Waals surface area contributed by atoms with Crippen molar-refractivity contribution in [3.05, 3.63) is 29.8 Å². The molecule has 0 atom stereocenters. The number of oxime groups is 1. The fraction of sp³-hybridized carbons (Fsp3) is 0.300. The van der Waals surface area contributed by atoms with Crippen LogP contribution in [0.1, 0.15) is 5.56 Å². The van der Waals surface area contributed by atoms with Gasteiger partial charge in [-0.05, 0) is 25.2 Å². The Balaban J connectivity index is 2.70. The van der Waals surface area contributed by atoms with Crippen LogP contribution in [0.2, 0.25) is 13.1 Å². The van der Waals surface area contributed by atoms with Crippen LogP contribution in [0.15, 0.2) is 29.4 Å². The summed E-state index contributed by atoms with van der Waals surface area (Å²) in [5.74, 6) is 0.810. The molecule has 0 aliphatic heterocycles. The van der Waals surface area contributed by atoms with Gasteiger partial charge in [0, 0.05) is 5.56 Å². The van der Waals surface area contributed by atoms with E-state index in [1.54, 1.807) is 13.3 Å². The number of hydrogen-bond donors (Lipinski definition) is 0. The van der Waals surface area contributed by atoms with Gasteiger partial charge >= 0.3 is 0 Å². The highest BCUT2D eigenvalue weighted by atomic mass is 28.3. The molecule has 0 heterocycles. The summed E-state index contributed by atoms with van der Waals surface area (Å²) in [5.41, 5.74) is 0.935. The molecule has 1 rings (SSSR count). The van der Waals surface area contributed by atoms with Gasteiger partial charge in [0.2, 0.25) is 0 Å². The summed E-state index contributed by atoms with van der Waals surface area (Å²) < 4.78 is 10.4. The lowest BCUT2D eigenvalue weighted by Gasteiger charge is -2.03. The van der Waals surface area contributed by atoms with Gasteiger partial charge in [-0.25, -0.2) is 0 Å². The zero-order valence-electron chi connectivity index (χ0n) is 8.73. The van der Waals surface area contributed by atoms with Crippen LogP contribution in [-0.2, 0) is 4.53 Å². The summed E-state index contributed by atoms with van der Waals surface area (Å²) >= 11 is 0. The average Bonchev–Trinajstić information content (AvgIpc) is 2.18. The van der Waals surface area contributed by atoms with Crippen molar-refractivity contribution in [3.63, 3.8) is 0 Å². The molecule has 0 bridgehead atoms. The lowest BCUT2D eigenvalue weighted by Crippen LogP contribution is -2.02. The Morgan fingerprint density at radius 2 is 2.00 bits per heavy atom. The lowest BCUT2D eigenvalue weighted by atomic mass is 10.2. The SMILES string of the molecule is COc1ccccc1C=NO[SiH](C)C. The fourth-order valence-electron chi connectivity index (χ4n) is 0.982. The van der Waals surface area contributed by atoms with E-state index in [1.165, 1.54) is 0 Å². The zero-order chi connectivity index (χ0) is 10.4. The quantitative estimate of drug-likeness (QED) is 0.431. The van der Waals surface area contributed by atoms with Crippen LogP contribution >= 0.6 is 0 Å². The van der Waals surface area contributed by atoms with Crippen molar-refractivity contribution < 1.29 is 9.26 Å². The van der Waals surface area contributed by atoms with E-state index in [0.717, 1.165) is 11.3 Å². The second kappa shape index (κ2) is 5.44. The van der Waals surface area contributed by atoms with Crippen LogP contribution in [-0.4, -0.2) is 22.4 Å². The maximum atomic E-state index is 5.20. The number of rotatable bonds is 4. The van der Waals surface area contributed by atoms with Crippen LogP contribution in [0, 0.1) is 0 Å². The highest BCUT2D eigenvalue weighted by molar-refractivity contribution is 6.48. The van der Waals surface area contributed by atoms with Crippen LogP contribution in [0.25, 0.3) is 0 Å². The first-order chi connectivity index (χ1) is 6.74. The molecule has 0 N–H and O–H groups in total. The Hall–Kier alpha value is -1.29. The summed E-state index contributed by atoms with van der Waals surface area (Å²) in [6.07, 6.45) is 1.69. The number of nitrogens with zero attached hydrogens (tertiary/aromatic N) is 1. The third-order valence-corrected chi connectivity index (χ3v) is 2.15. The van der Waals surface area contributed by atoms with Crippen molar-refractivity contribution in [2.45, 2.75) is 13.1 Å². The predicted molar refractivity (Wildman–Crippen MR) is 60.6 cm³/mol. The fourth-order valence-corrected chi connectivity index (χ4v) is 1.29. The molecule has 0 unspecified atom stereocenters. The number of hydrogen-bond acceptors (Lipinski definition) is 3. The highest BCUT2D eigenvalue weighted by Gasteiger charge is 1.98. The van der Waals surface area contributed by atoms with Gasteiger partial charge in [0.05, 0.1) is 13.3 Å². The minimum Gasteiger partial charge on any atom is -0.496 e. The number of methoxy groups -OCH3 is 1. The lowest BCUT2D eigenvalue weighted by molar-refractivity contribution is 0.354. The molecule has 0 saturated carbocycles. The molecular formula is C10H15NO2Si. The molecule has 76 valence electrons. The Bertz CT molecular complexity index is 313. The number of ether oxygens (including phenoxy) is 1. The van der Waals surface area contributed by atoms with Crippen LogP contribution < -0.4 is 4.74 Å². The Morgan fingerprint density at radius 1 is 1.29 bits per heavy atom. The minimum absolute atomic E-state index is 0.810. The maximum absolute atomic E-state index is 5.20. The molecular weight excluding hydrogens is 194 g/mol. The maximum Gasteiger partial charge on any atom is 0.266 e. The average molecular weight is 209 g/mol. The van der Waals surface area contributed by atoms with E-state index in [1.807, 2.05) is 24.3 Å². The number of para-hydroxylation sites is 1. The second-order valence-electron chi connectivity index (χ2n) is 3.13. The van der Waals surface area contributed by atoms with E-state index in [9.17, 15) is 0 Å². The Labute approximate surface area is 86.1 Å².